The molecular formula is C28H19F9N4O4. The maximum absolute atomic E-state index is 15.0. The van der Waals surface area contributed by atoms with E-state index < -0.39 is 74.3 Å². The number of carbonyl (C=O) groups excluding carboxylic acids is 2. The number of nitriles is 1. The summed E-state index contributed by atoms with van der Waals surface area (Å²) >= 11 is 0. The average molecular weight is 646 g/mol. The van der Waals surface area contributed by atoms with E-state index in [9.17, 15) is 54.8 Å². The van der Waals surface area contributed by atoms with Crippen molar-refractivity contribution in [2.45, 2.75) is 37.8 Å². The van der Waals surface area contributed by atoms with E-state index in [1.807, 2.05) is 6.07 Å². The van der Waals surface area contributed by atoms with Crippen molar-refractivity contribution in [1.29, 1.82) is 5.26 Å². The van der Waals surface area contributed by atoms with Crippen molar-refractivity contribution in [1.82, 2.24) is 0 Å². The number of aryl methyl sites for hydroxylation is 2. The summed E-state index contributed by atoms with van der Waals surface area (Å²) in [6.07, 6.45) is -13.7. The Balaban J connectivity index is 2.07. The fourth-order valence-electron chi connectivity index (χ4n) is 4.43. The predicted molar refractivity (Wildman–Crippen MR) is 141 cm³/mol. The van der Waals surface area contributed by atoms with Crippen LogP contribution in [0.25, 0.3) is 0 Å². The molecule has 8 nitrogen and oxygen atoms in total. The molecule has 0 aliphatic carbocycles. The first-order valence-electron chi connectivity index (χ1n) is 12.3. The van der Waals surface area contributed by atoms with Gasteiger partial charge in [0.2, 0.25) is 0 Å². The number of hydrogen-bond acceptors (Lipinski definition) is 5. The first-order chi connectivity index (χ1) is 20.6. The fourth-order valence-corrected chi connectivity index (χ4v) is 4.43. The molecule has 0 saturated heterocycles. The van der Waals surface area contributed by atoms with E-state index in [-0.39, 0.29) is 28.9 Å². The summed E-state index contributed by atoms with van der Waals surface area (Å²) in [5.74, 6) is -8.98. The van der Waals surface area contributed by atoms with E-state index >= 15 is 4.39 Å². The molecule has 1 unspecified atom stereocenters. The molecular weight excluding hydrogens is 627 g/mol. The lowest BCUT2D eigenvalue weighted by molar-refractivity contribution is -0.389. The van der Waals surface area contributed by atoms with Gasteiger partial charge in [0.25, 0.3) is 11.8 Å². The van der Waals surface area contributed by atoms with Gasteiger partial charge < -0.3 is 10.2 Å². The molecule has 0 spiro atoms. The molecule has 1 N–H and O–H groups in total. The standard InChI is InChI=1S/C28H19F9N4O4/c1-14-11-18(25(29,27(32,33)34)26(30,31)28(35,36)37)12-15(2)21(14)39-23(42)19-5-4-6-20(22(19)41(44)45)40(3)24(43)17-9-7-16(13-38)8-10-17/h4-12H,1-3H3,(H,39,42). The zero-order chi connectivity index (χ0) is 34.3. The SMILES string of the molecule is Cc1cc(C(F)(C(F)(F)F)C(F)(F)C(F)(F)F)cc(C)c1NC(=O)c1cccc(N(C)C(=O)c2ccc(C#N)cc2)c1[N+](=O)[O-]. The lowest BCUT2D eigenvalue weighted by Gasteiger charge is -2.36. The van der Waals surface area contributed by atoms with Crippen molar-refractivity contribution in [3.8, 4) is 6.07 Å². The number of benzene rings is 3. The van der Waals surface area contributed by atoms with Gasteiger partial charge in [0.05, 0.1) is 16.6 Å². The third-order valence-electron chi connectivity index (χ3n) is 6.72. The Morgan fingerprint density at radius 2 is 1.42 bits per heavy atom. The van der Waals surface area contributed by atoms with E-state index in [4.69, 9.17) is 5.26 Å². The summed E-state index contributed by atoms with van der Waals surface area (Å²) in [7, 11) is 1.15. The minimum absolute atomic E-state index is 0.0193. The summed E-state index contributed by atoms with van der Waals surface area (Å²) in [6, 6.07) is 10.4. The highest BCUT2D eigenvalue weighted by molar-refractivity contribution is 6.12. The summed E-state index contributed by atoms with van der Waals surface area (Å²) in [6.45, 7) is 1.76. The summed E-state index contributed by atoms with van der Waals surface area (Å²) in [4.78, 5) is 38.0. The van der Waals surface area contributed by atoms with Crippen LogP contribution in [0.4, 0.5) is 56.6 Å². The van der Waals surface area contributed by atoms with Crippen LogP contribution in [0.1, 0.15) is 43.0 Å². The first kappa shape index (κ1) is 34.4. The number of rotatable bonds is 7. The van der Waals surface area contributed by atoms with Crippen LogP contribution >= 0.6 is 0 Å². The second-order valence-electron chi connectivity index (χ2n) is 9.65. The van der Waals surface area contributed by atoms with Gasteiger partial charge in [-0.3, -0.25) is 19.7 Å². The number of amides is 2. The molecule has 3 aromatic carbocycles. The lowest BCUT2D eigenvalue weighted by atomic mass is 9.85. The molecule has 0 aromatic heterocycles. The molecule has 17 heteroatoms. The predicted octanol–water partition coefficient (Wildman–Crippen LogP) is 7.54. The number of anilines is 2. The number of nitro groups is 1. The molecule has 3 aromatic rings. The van der Waals surface area contributed by atoms with Crippen molar-refractivity contribution >= 4 is 28.9 Å². The fraction of sp³-hybridized carbons (Fsp3) is 0.250. The Labute approximate surface area is 247 Å². The lowest BCUT2D eigenvalue weighted by Crippen LogP contribution is -2.59. The van der Waals surface area contributed by atoms with E-state index in [2.05, 4.69) is 5.32 Å². The second-order valence-corrected chi connectivity index (χ2v) is 9.65. The first-order valence-corrected chi connectivity index (χ1v) is 12.3. The van der Waals surface area contributed by atoms with Crippen molar-refractivity contribution in [3.05, 3.63) is 98.1 Å². The highest BCUT2D eigenvalue weighted by atomic mass is 19.4. The number of hydrogen-bond donors (Lipinski definition) is 1. The van der Waals surface area contributed by atoms with Gasteiger partial charge >= 0.3 is 29.6 Å². The van der Waals surface area contributed by atoms with Gasteiger partial charge in [0, 0.05) is 23.9 Å². The van der Waals surface area contributed by atoms with Crippen molar-refractivity contribution < 1.29 is 54.0 Å². The molecule has 2 amide bonds. The second kappa shape index (κ2) is 11.7. The van der Waals surface area contributed by atoms with Gasteiger partial charge in [0.1, 0.15) is 11.3 Å². The van der Waals surface area contributed by atoms with Crippen molar-refractivity contribution in [3.63, 3.8) is 0 Å². The Morgan fingerprint density at radius 3 is 1.87 bits per heavy atom. The molecule has 0 heterocycles. The molecule has 0 radical (unpaired) electrons. The number of halogens is 9. The Hall–Kier alpha value is -5.14. The van der Waals surface area contributed by atoms with Crippen LogP contribution in [-0.2, 0) is 5.67 Å². The third kappa shape index (κ3) is 5.99. The van der Waals surface area contributed by atoms with Crippen LogP contribution in [0.3, 0.4) is 0 Å². The number of para-hydroxylation sites is 1. The van der Waals surface area contributed by atoms with Crippen LogP contribution in [0.5, 0.6) is 0 Å². The zero-order valence-corrected chi connectivity index (χ0v) is 23.1. The maximum Gasteiger partial charge on any atom is 0.457 e. The molecule has 0 aliphatic rings. The minimum Gasteiger partial charge on any atom is -0.321 e. The van der Waals surface area contributed by atoms with Crippen LogP contribution < -0.4 is 10.2 Å². The largest absolute Gasteiger partial charge is 0.457 e. The number of nitro benzene ring substituents is 1. The third-order valence-corrected chi connectivity index (χ3v) is 6.72. The van der Waals surface area contributed by atoms with Crippen molar-refractivity contribution in [2.75, 3.05) is 17.3 Å². The molecule has 3 rings (SSSR count). The smallest absolute Gasteiger partial charge is 0.321 e. The molecule has 0 fully saturated rings. The van der Waals surface area contributed by atoms with Gasteiger partial charge in [-0.15, -0.1) is 0 Å². The molecule has 0 aliphatic heterocycles. The minimum atomic E-state index is -6.94. The molecule has 238 valence electrons. The average Bonchev–Trinajstić information content (AvgIpc) is 2.95. The van der Waals surface area contributed by atoms with Crippen LogP contribution in [0, 0.1) is 35.3 Å². The van der Waals surface area contributed by atoms with E-state index in [1.54, 1.807) is 0 Å². The number of carbonyl (C=O) groups is 2. The normalized spacial score (nSPS) is 13.4. The van der Waals surface area contributed by atoms with Crippen LogP contribution in [0.15, 0.2) is 54.6 Å². The van der Waals surface area contributed by atoms with Crippen LogP contribution in [0.2, 0.25) is 0 Å². The van der Waals surface area contributed by atoms with Gasteiger partial charge in [-0.1, -0.05) is 18.2 Å². The quantitative estimate of drug-likeness (QED) is 0.162. The summed E-state index contributed by atoms with van der Waals surface area (Å²) in [5.41, 5.74) is -11.7. The molecule has 1 atom stereocenters. The monoisotopic (exact) mass is 646 g/mol. The Kier molecular flexibility index (Phi) is 8.97. The Bertz CT molecular complexity index is 1690. The molecule has 45 heavy (non-hydrogen) atoms. The number of nitrogens with one attached hydrogen (secondary N) is 1. The zero-order valence-electron chi connectivity index (χ0n) is 23.1. The topological polar surface area (TPSA) is 116 Å². The highest BCUT2D eigenvalue weighted by Crippen LogP contribution is 2.58. The summed E-state index contributed by atoms with van der Waals surface area (Å²) < 4.78 is 122. The van der Waals surface area contributed by atoms with E-state index in [0.717, 1.165) is 44.0 Å². The van der Waals surface area contributed by atoms with Gasteiger partial charge in [0.15, 0.2) is 0 Å². The number of nitrogens with zero attached hydrogens (tertiary/aromatic N) is 3. The van der Waals surface area contributed by atoms with Crippen LogP contribution in [-0.4, -0.2) is 42.1 Å². The number of alkyl halides is 9. The Morgan fingerprint density at radius 1 is 0.889 bits per heavy atom. The van der Waals surface area contributed by atoms with E-state index in [0.29, 0.717) is 0 Å². The highest BCUT2D eigenvalue weighted by Gasteiger charge is 2.81. The van der Waals surface area contributed by atoms with E-state index in [1.165, 1.54) is 24.3 Å². The maximum atomic E-state index is 15.0. The van der Waals surface area contributed by atoms with Gasteiger partial charge in [-0.25, -0.2) is 4.39 Å². The summed E-state index contributed by atoms with van der Waals surface area (Å²) in [5, 5.41) is 23.1. The van der Waals surface area contributed by atoms with Crippen molar-refractivity contribution in [2.24, 2.45) is 0 Å². The molecule has 0 saturated carbocycles. The van der Waals surface area contributed by atoms with Gasteiger partial charge in [-0.2, -0.15) is 40.4 Å². The van der Waals surface area contributed by atoms with Gasteiger partial charge in [-0.05, 0) is 61.4 Å². The molecule has 0 bridgehead atoms.